The summed E-state index contributed by atoms with van der Waals surface area (Å²) < 4.78 is 28.2. The number of nitrogens with zero attached hydrogens (tertiary/aromatic N) is 1. The lowest BCUT2D eigenvalue weighted by Gasteiger charge is -2.20. The molecule has 0 aliphatic carbocycles. The summed E-state index contributed by atoms with van der Waals surface area (Å²) in [7, 11) is 0. The molecular formula is C10H18F2N2OS. The molecule has 0 saturated carbocycles. The summed E-state index contributed by atoms with van der Waals surface area (Å²) in [6.45, 7) is 4.46. The molecule has 0 amide bonds. The highest BCUT2D eigenvalue weighted by Crippen LogP contribution is 2.25. The van der Waals surface area contributed by atoms with Gasteiger partial charge in [0.05, 0.1) is 13.2 Å². The van der Waals surface area contributed by atoms with Crippen LogP contribution in [0.15, 0.2) is 4.99 Å². The lowest BCUT2D eigenvalue weighted by Crippen LogP contribution is -2.39. The second kappa shape index (κ2) is 6.39. The van der Waals surface area contributed by atoms with Crippen molar-refractivity contribution in [2.45, 2.75) is 32.2 Å². The van der Waals surface area contributed by atoms with Gasteiger partial charge in [-0.05, 0) is 13.3 Å². The summed E-state index contributed by atoms with van der Waals surface area (Å²) in [5.41, 5.74) is 0.118. The molecule has 0 spiro atoms. The molecule has 0 bridgehead atoms. The van der Waals surface area contributed by atoms with Gasteiger partial charge in [0.15, 0.2) is 5.17 Å². The quantitative estimate of drug-likeness (QED) is 0.735. The van der Waals surface area contributed by atoms with Gasteiger partial charge in [0, 0.05) is 11.3 Å². The molecule has 1 N–H and O–H groups in total. The Morgan fingerprint density at radius 1 is 1.62 bits per heavy atom. The van der Waals surface area contributed by atoms with E-state index in [1.807, 2.05) is 0 Å². The number of halogens is 2. The first-order chi connectivity index (χ1) is 7.56. The minimum Gasteiger partial charge on any atom is -0.374 e. The first-order valence-corrected chi connectivity index (χ1v) is 6.35. The van der Waals surface area contributed by atoms with Crippen LogP contribution in [0.4, 0.5) is 8.78 Å². The van der Waals surface area contributed by atoms with Crippen LogP contribution in [0.1, 0.15) is 20.3 Å². The smallest absolute Gasteiger partial charge is 0.261 e. The monoisotopic (exact) mass is 252 g/mol. The van der Waals surface area contributed by atoms with Crippen molar-refractivity contribution in [3.63, 3.8) is 0 Å². The van der Waals surface area contributed by atoms with E-state index in [0.717, 1.165) is 17.3 Å². The first-order valence-electron chi connectivity index (χ1n) is 5.37. The van der Waals surface area contributed by atoms with Crippen molar-refractivity contribution in [3.05, 3.63) is 0 Å². The maximum atomic E-state index is 11.7. The molecule has 3 nitrogen and oxygen atoms in total. The SMILES string of the molecule is CCC1(C)CSC(=NCCOCC(F)F)N1. The van der Waals surface area contributed by atoms with E-state index in [1.54, 1.807) is 11.8 Å². The highest BCUT2D eigenvalue weighted by atomic mass is 32.2. The Hall–Kier alpha value is -0.360. The minimum absolute atomic E-state index is 0.118. The molecule has 0 aromatic heterocycles. The standard InChI is InChI=1S/C10H18F2N2OS/c1-3-10(2)7-16-9(14-10)13-4-5-15-6-8(11)12/h8H,3-7H2,1-2H3,(H,13,14). The Morgan fingerprint density at radius 3 is 2.94 bits per heavy atom. The highest BCUT2D eigenvalue weighted by Gasteiger charge is 2.30. The van der Waals surface area contributed by atoms with Gasteiger partial charge in [-0.3, -0.25) is 4.99 Å². The first kappa shape index (κ1) is 13.7. The molecule has 1 fully saturated rings. The van der Waals surface area contributed by atoms with Crippen molar-refractivity contribution in [1.29, 1.82) is 0 Å². The van der Waals surface area contributed by atoms with Gasteiger partial charge in [0.25, 0.3) is 6.43 Å². The molecule has 1 saturated heterocycles. The third-order valence-corrected chi connectivity index (χ3v) is 3.74. The van der Waals surface area contributed by atoms with Gasteiger partial charge >= 0.3 is 0 Å². The van der Waals surface area contributed by atoms with Crippen molar-refractivity contribution in [2.75, 3.05) is 25.5 Å². The number of alkyl halides is 2. The fourth-order valence-electron chi connectivity index (χ4n) is 1.22. The molecule has 0 aromatic carbocycles. The van der Waals surface area contributed by atoms with Crippen molar-refractivity contribution in [1.82, 2.24) is 5.32 Å². The van der Waals surface area contributed by atoms with Crippen LogP contribution in [0.25, 0.3) is 0 Å². The van der Waals surface area contributed by atoms with E-state index in [4.69, 9.17) is 4.74 Å². The summed E-state index contributed by atoms with van der Waals surface area (Å²) in [5.74, 6) is 1.00. The van der Waals surface area contributed by atoms with Gasteiger partial charge < -0.3 is 10.1 Å². The van der Waals surface area contributed by atoms with Gasteiger partial charge in [0.1, 0.15) is 6.61 Å². The zero-order valence-electron chi connectivity index (χ0n) is 9.63. The lowest BCUT2D eigenvalue weighted by atomic mass is 10.0. The van der Waals surface area contributed by atoms with E-state index in [0.29, 0.717) is 6.54 Å². The van der Waals surface area contributed by atoms with E-state index < -0.39 is 13.0 Å². The number of ether oxygens (including phenoxy) is 1. The van der Waals surface area contributed by atoms with Crippen molar-refractivity contribution in [3.8, 4) is 0 Å². The zero-order chi connectivity index (χ0) is 12.0. The average molecular weight is 252 g/mol. The fraction of sp³-hybridized carbons (Fsp3) is 0.900. The van der Waals surface area contributed by atoms with E-state index in [-0.39, 0.29) is 12.1 Å². The molecule has 94 valence electrons. The summed E-state index contributed by atoms with van der Waals surface area (Å²) in [5, 5.41) is 4.22. The number of hydrogen-bond donors (Lipinski definition) is 1. The molecule has 0 aromatic rings. The van der Waals surface area contributed by atoms with Crippen LogP contribution in [0.5, 0.6) is 0 Å². The topological polar surface area (TPSA) is 33.6 Å². The van der Waals surface area contributed by atoms with Crippen LogP contribution in [-0.2, 0) is 4.74 Å². The van der Waals surface area contributed by atoms with Crippen LogP contribution < -0.4 is 5.32 Å². The van der Waals surface area contributed by atoms with Gasteiger partial charge in [-0.25, -0.2) is 8.78 Å². The van der Waals surface area contributed by atoms with Gasteiger partial charge in [-0.2, -0.15) is 0 Å². The van der Waals surface area contributed by atoms with E-state index >= 15 is 0 Å². The van der Waals surface area contributed by atoms with Gasteiger partial charge in [-0.15, -0.1) is 0 Å². The van der Waals surface area contributed by atoms with Crippen LogP contribution >= 0.6 is 11.8 Å². The van der Waals surface area contributed by atoms with E-state index in [9.17, 15) is 8.78 Å². The molecule has 0 radical (unpaired) electrons. The largest absolute Gasteiger partial charge is 0.374 e. The maximum absolute atomic E-state index is 11.7. The van der Waals surface area contributed by atoms with Crippen molar-refractivity contribution < 1.29 is 13.5 Å². The van der Waals surface area contributed by atoms with Gasteiger partial charge in [-0.1, -0.05) is 18.7 Å². The number of rotatable bonds is 6. The Kier molecular flexibility index (Phi) is 5.48. The van der Waals surface area contributed by atoms with Crippen molar-refractivity contribution >= 4 is 16.9 Å². The zero-order valence-corrected chi connectivity index (χ0v) is 10.4. The van der Waals surface area contributed by atoms with Gasteiger partial charge in [0.2, 0.25) is 0 Å². The highest BCUT2D eigenvalue weighted by molar-refractivity contribution is 8.14. The van der Waals surface area contributed by atoms with E-state index in [1.165, 1.54) is 0 Å². The molecule has 1 heterocycles. The minimum atomic E-state index is -2.39. The number of hydrogen-bond acceptors (Lipinski definition) is 3. The molecule has 1 atom stereocenters. The lowest BCUT2D eigenvalue weighted by molar-refractivity contribution is 0.0207. The number of nitrogens with one attached hydrogen (secondary N) is 1. The number of thioether (sulfide) groups is 1. The average Bonchev–Trinajstić information content (AvgIpc) is 2.61. The Morgan fingerprint density at radius 2 is 2.38 bits per heavy atom. The molecular weight excluding hydrogens is 234 g/mol. The Labute approximate surface area is 99.0 Å². The Balaban J connectivity index is 2.17. The summed E-state index contributed by atoms with van der Waals surface area (Å²) in [6, 6.07) is 0. The van der Waals surface area contributed by atoms with Crippen LogP contribution in [0.2, 0.25) is 0 Å². The molecule has 1 rings (SSSR count). The summed E-state index contributed by atoms with van der Waals surface area (Å²) in [6.07, 6.45) is -1.35. The third kappa shape index (κ3) is 4.65. The third-order valence-electron chi connectivity index (χ3n) is 2.45. The van der Waals surface area contributed by atoms with Crippen LogP contribution in [-0.4, -0.2) is 42.6 Å². The predicted molar refractivity (Wildman–Crippen MR) is 63.4 cm³/mol. The van der Waals surface area contributed by atoms with Crippen LogP contribution in [0, 0.1) is 0 Å². The molecule has 1 aliphatic rings. The Bertz CT molecular complexity index is 251. The predicted octanol–water partition coefficient (Wildman–Crippen LogP) is 2.13. The molecule has 1 unspecified atom stereocenters. The molecule has 1 aliphatic heterocycles. The fourth-order valence-corrected chi connectivity index (χ4v) is 2.45. The summed E-state index contributed by atoms with van der Waals surface area (Å²) in [4.78, 5) is 4.26. The van der Waals surface area contributed by atoms with Crippen molar-refractivity contribution in [2.24, 2.45) is 4.99 Å². The summed E-state index contributed by atoms with van der Waals surface area (Å²) >= 11 is 1.67. The normalized spacial score (nSPS) is 27.7. The second-order valence-electron chi connectivity index (χ2n) is 3.98. The molecule has 16 heavy (non-hydrogen) atoms. The second-order valence-corrected chi connectivity index (χ2v) is 4.94. The van der Waals surface area contributed by atoms with E-state index in [2.05, 4.69) is 24.2 Å². The maximum Gasteiger partial charge on any atom is 0.261 e. The molecule has 6 heteroatoms. The number of aliphatic imine (C=N–C) groups is 1. The van der Waals surface area contributed by atoms with Crippen LogP contribution in [0.3, 0.4) is 0 Å². The number of amidine groups is 1.